The van der Waals surface area contributed by atoms with Gasteiger partial charge in [-0.1, -0.05) is 6.92 Å². The van der Waals surface area contributed by atoms with E-state index in [1.807, 2.05) is 20.8 Å². The van der Waals surface area contributed by atoms with Gasteiger partial charge < -0.3 is 9.84 Å². The van der Waals surface area contributed by atoms with E-state index < -0.39 is 5.97 Å². The lowest BCUT2D eigenvalue weighted by atomic mass is 9.90. The Labute approximate surface area is 66.4 Å². The van der Waals surface area contributed by atoms with Crippen molar-refractivity contribution in [3.63, 3.8) is 0 Å². The summed E-state index contributed by atoms with van der Waals surface area (Å²) >= 11 is 0. The normalized spacial score (nSPS) is 44.3. The molecule has 1 saturated heterocycles. The minimum Gasteiger partial charge on any atom is -0.481 e. The van der Waals surface area contributed by atoms with Crippen molar-refractivity contribution in [2.45, 2.75) is 33.0 Å². The summed E-state index contributed by atoms with van der Waals surface area (Å²) in [4.78, 5) is 10.7. The highest BCUT2D eigenvalue weighted by molar-refractivity contribution is 5.71. The first-order valence-electron chi connectivity index (χ1n) is 3.92. The van der Waals surface area contributed by atoms with Crippen molar-refractivity contribution < 1.29 is 14.6 Å². The summed E-state index contributed by atoms with van der Waals surface area (Å²) in [5.41, 5.74) is 0. The van der Waals surface area contributed by atoms with E-state index in [-0.39, 0.29) is 24.0 Å². The molecular weight excluding hydrogens is 144 g/mol. The van der Waals surface area contributed by atoms with Crippen molar-refractivity contribution >= 4 is 5.97 Å². The highest BCUT2D eigenvalue weighted by Crippen LogP contribution is 2.31. The number of carboxylic acids is 1. The molecule has 64 valence electrons. The van der Waals surface area contributed by atoms with Gasteiger partial charge in [-0.3, -0.25) is 4.79 Å². The van der Waals surface area contributed by atoms with Gasteiger partial charge in [-0.15, -0.1) is 0 Å². The smallest absolute Gasteiger partial charge is 0.309 e. The number of hydrogen-bond donors (Lipinski definition) is 1. The average molecular weight is 158 g/mol. The summed E-state index contributed by atoms with van der Waals surface area (Å²) in [7, 11) is 0. The standard InChI is InChI=1S/C8H14O3/c1-4-5(2)11-6(3)7(4)8(9)10/h4-7H,1-3H3,(H,9,10)/t4-,5-,6+,7-/m0/s1. The number of carbonyl (C=O) groups is 1. The minimum atomic E-state index is -0.741. The first-order chi connectivity index (χ1) is 5.04. The van der Waals surface area contributed by atoms with E-state index in [0.717, 1.165) is 0 Å². The van der Waals surface area contributed by atoms with Crippen LogP contribution in [0.25, 0.3) is 0 Å². The molecule has 0 aromatic heterocycles. The van der Waals surface area contributed by atoms with E-state index in [1.54, 1.807) is 0 Å². The number of carboxylic acid groups (broad SMARTS) is 1. The number of rotatable bonds is 1. The second kappa shape index (κ2) is 2.81. The second-order valence-electron chi connectivity index (χ2n) is 3.27. The molecular formula is C8H14O3. The van der Waals surface area contributed by atoms with Crippen LogP contribution in [-0.4, -0.2) is 23.3 Å². The highest BCUT2D eigenvalue weighted by atomic mass is 16.5. The van der Waals surface area contributed by atoms with Gasteiger partial charge in [-0.05, 0) is 19.8 Å². The van der Waals surface area contributed by atoms with Crippen molar-refractivity contribution in [1.29, 1.82) is 0 Å². The zero-order valence-electron chi connectivity index (χ0n) is 7.07. The van der Waals surface area contributed by atoms with E-state index in [2.05, 4.69) is 0 Å². The highest BCUT2D eigenvalue weighted by Gasteiger charge is 2.41. The maximum atomic E-state index is 10.7. The van der Waals surface area contributed by atoms with Crippen LogP contribution in [0.2, 0.25) is 0 Å². The Balaban J connectivity index is 2.71. The van der Waals surface area contributed by atoms with Gasteiger partial charge in [0.1, 0.15) is 0 Å². The van der Waals surface area contributed by atoms with E-state index in [0.29, 0.717) is 0 Å². The quantitative estimate of drug-likeness (QED) is 0.622. The van der Waals surface area contributed by atoms with Crippen LogP contribution in [0.3, 0.4) is 0 Å². The van der Waals surface area contributed by atoms with Crippen molar-refractivity contribution in [1.82, 2.24) is 0 Å². The summed E-state index contributed by atoms with van der Waals surface area (Å²) in [6, 6.07) is 0. The Morgan fingerprint density at radius 2 is 1.82 bits per heavy atom. The summed E-state index contributed by atoms with van der Waals surface area (Å²) in [5.74, 6) is -0.943. The Morgan fingerprint density at radius 3 is 2.00 bits per heavy atom. The van der Waals surface area contributed by atoms with Gasteiger partial charge in [-0.2, -0.15) is 0 Å². The molecule has 1 fully saturated rings. The molecule has 0 aromatic carbocycles. The molecule has 0 unspecified atom stereocenters. The topological polar surface area (TPSA) is 46.5 Å². The van der Waals surface area contributed by atoms with Gasteiger partial charge in [0, 0.05) is 0 Å². The van der Waals surface area contributed by atoms with Crippen molar-refractivity contribution in [3.8, 4) is 0 Å². The zero-order valence-corrected chi connectivity index (χ0v) is 7.07. The molecule has 3 nitrogen and oxygen atoms in total. The predicted molar refractivity (Wildman–Crippen MR) is 40.3 cm³/mol. The first kappa shape index (κ1) is 8.53. The lowest BCUT2D eigenvalue weighted by Gasteiger charge is -2.11. The van der Waals surface area contributed by atoms with Gasteiger partial charge in [0.05, 0.1) is 18.1 Å². The summed E-state index contributed by atoms with van der Waals surface area (Å²) in [6.45, 7) is 5.66. The van der Waals surface area contributed by atoms with Gasteiger partial charge >= 0.3 is 5.97 Å². The minimum absolute atomic E-state index is 0.0751. The molecule has 0 aliphatic carbocycles. The Kier molecular flexibility index (Phi) is 2.18. The Morgan fingerprint density at radius 1 is 1.27 bits per heavy atom. The van der Waals surface area contributed by atoms with Crippen LogP contribution in [0.4, 0.5) is 0 Å². The molecule has 3 heteroatoms. The Hall–Kier alpha value is -0.570. The number of ether oxygens (including phenoxy) is 1. The van der Waals surface area contributed by atoms with Crippen LogP contribution in [0, 0.1) is 11.8 Å². The Bertz CT molecular complexity index is 167. The molecule has 0 bridgehead atoms. The maximum Gasteiger partial charge on any atom is 0.309 e. The average Bonchev–Trinajstić information content (AvgIpc) is 2.07. The SMILES string of the molecule is C[C@@H]1[C@H](C(=O)O)[C@@H](C)O[C@H]1C. The van der Waals surface area contributed by atoms with Crippen LogP contribution in [0.5, 0.6) is 0 Å². The molecule has 1 rings (SSSR count). The third-order valence-corrected chi connectivity index (χ3v) is 2.53. The molecule has 1 aliphatic heterocycles. The monoisotopic (exact) mass is 158 g/mol. The number of aliphatic carboxylic acids is 1. The van der Waals surface area contributed by atoms with Crippen molar-refractivity contribution in [2.75, 3.05) is 0 Å². The molecule has 11 heavy (non-hydrogen) atoms. The largest absolute Gasteiger partial charge is 0.481 e. The number of hydrogen-bond acceptors (Lipinski definition) is 2. The van der Waals surface area contributed by atoms with E-state index in [9.17, 15) is 4.79 Å². The fourth-order valence-corrected chi connectivity index (χ4v) is 1.69. The summed E-state index contributed by atoms with van der Waals surface area (Å²) < 4.78 is 5.37. The molecule has 1 aliphatic rings. The third kappa shape index (κ3) is 1.38. The second-order valence-corrected chi connectivity index (χ2v) is 3.27. The van der Waals surface area contributed by atoms with Crippen LogP contribution in [0.1, 0.15) is 20.8 Å². The first-order valence-corrected chi connectivity index (χ1v) is 3.92. The lowest BCUT2D eigenvalue weighted by molar-refractivity contribution is -0.144. The summed E-state index contributed by atoms with van der Waals surface area (Å²) in [5, 5.41) is 8.79. The van der Waals surface area contributed by atoms with Crippen LogP contribution in [0.15, 0.2) is 0 Å². The van der Waals surface area contributed by atoms with Gasteiger partial charge in [0.15, 0.2) is 0 Å². The van der Waals surface area contributed by atoms with E-state index in [4.69, 9.17) is 9.84 Å². The van der Waals surface area contributed by atoms with E-state index in [1.165, 1.54) is 0 Å². The molecule has 1 N–H and O–H groups in total. The van der Waals surface area contributed by atoms with Crippen LogP contribution >= 0.6 is 0 Å². The third-order valence-electron chi connectivity index (χ3n) is 2.53. The van der Waals surface area contributed by atoms with Gasteiger partial charge in [0.2, 0.25) is 0 Å². The van der Waals surface area contributed by atoms with Crippen molar-refractivity contribution in [2.24, 2.45) is 11.8 Å². The molecule has 1 heterocycles. The van der Waals surface area contributed by atoms with E-state index >= 15 is 0 Å². The molecule has 0 saturated carbocycles. The van der Waals surface area contributed by atoms with Gasteiger partial charge in [-0.25, -0.2) is 0 Å². The fraction of sp³-hybridized carbons (Fsp3) is 0.875. The molecule has 0 spiro atoms. The molecule has 0 aromatic rings. The zero-order chi connectivity index (χ0) is 8.59. The maximum absolute atomic E-state index is 10.7. The lowest BCUT2D eigenvalue weighted by Crippen LogP contribution is -2.26. The molecule has 0 amide bonds. The van der Waals surface area contributed by atoms with Gasteiger partial charge in [0.25, 0.3) is 0 Å². The van der Waals surface area contributed by atoms with Crippen LogP contribution < -0.4 is 0 Å². The molecule has 4 atom stereocenters. The van der Waals surface area contributed by atoms with Crippen molar-refractivity contribution in [3.05, 3.63) is 0 Å². The fourth-order valence-electron chi connectivity index (χ4n) is 1.69. The molecule has 0 radical (unpaired) electrons. The van der Waals surface area contributed by atoms with Crippen LogP contribution in [-0.2, 0) is 9.53 Å². The summed E-state index contributed by atoms with van der Waals surface area (Å²) in [6.07, 6.45) is -0.0661. The predicted octanol–water partition coefficient (Wildman–Crippen LogP) is 1.13.